The van der Waals surface area contributed by atoms with Crippen LogP contribution in [0.25, 0.3) is 67.3 Å². The van der Waals surface area contributed by atoms with Crippen LogP contribution in [0.4, 0.5) is 0 Å². The van der Waals surface area contributed by atoms with E-state index in [1.165, 1.54) is 50.1 Å². The van der Waals surface area contributed by atoms with Crippen LogP contribution in [0, 0.1) is 0 Å². The highest BCUT2D eigenvalue weighted by atomic mass is 14.9. The quantitative estimate of drug-likeness (QED) is 0.165. The van der Waals surface area contributed by atoms with Gasteiger partial charge in [0.2, 0.25) is 0 Å². The van der Waals surface area contributed by atoms with E-state index in [4.69, 9.17) is 9.97 Å². The van der Waals surface area contributed by atoms with Crippen LogP contribution < -0.4 is 0 Å². The van der Waals surface area contributed by atoms with E-state index in [-0.39, 0.29) is 0 Å². The maximum Gasteiger partial charge on any atom is 0.160 e. The summed E-state index contributed by atoms with van der Waals surface area (Å²) in [6.45, 7) is 0. The molecule has 258 valence electrons. The first kappa shape index (κ1) is 32.5. The average Bonchev–Trinajstić information content (AvgIpc) is 3.58. The van der Waals surface area contributed by atoms with Gasteiger partial charge in [0.25, 0.3) is 0 Å². The maximum atomic E-state index is 5.04. The molecule has 0 N–H and O–H groups in total. The zero-order valence-electron chi connectivity index (χ0n) is 30.2. The molecule has 0 saturated heterocycles. The van der Waals surface area contributed by atoms with Crippen molar-refractivity contribution in [3.63, 3.8) is 0 Å². The largest absolute Gasteiger partial charge is 0.228 e. The molecule has 0 saturated carbocycles. The second kappa shape index (κ2) is 13.7. The van der Waals surface area contributed by atoms with Crippen LogP contribution in [0.5, 0.6) is 0 Å². The minimum absolute atomic E-state index is 0.431. The van der Waals surface area contributed by atoms with Crippen molar-refractivity contribution in [1.29, 1.82) is 0 Å². The Morgan fingerprint density at radius 2 is 0.709 bits per heavy atom. The summed E-state index contributed by atoms with van der Waals surface area (Å²) in [7, 11) is 0. The summed E-state index contributed by atoms with van der Waals surface area (Å²) in [5.41, 5.74) is 16.9. The molecule has 0 bridgehead atoms. The fourth-order valence-corrected chi connectivity index (χ4v) is 8.40. The van der Waals surface area contributed by atoms with Crippen LogP contribution in [-0.4, -0.2) is 9.97 Å². The number of rotatable bonds is 7. The molecule has 0 aliphatic heterocycles. The fourth-order valence-electron chi connectivity index (χ4n) is 8.40. The molecule has 0 radical (unpaired) electrons. The lowest BCUT2D eigenvalue weighted by molar-refractivity contribution is 0.769. The Hall–Kier alpha value is -7.16. The second-order valence-electron chi connectivity index (χ2n) is 14.1. The standard InChI is InChI=1S/C53H36N2/c1-5-16-38(17-6-1)50-36-51(55-52(54-50)40-18-7-2-8-19-40)39-30-28-37(29-31-39)41-20-15-21-42(34-41)43-32-33-47-46-26-13-14-27-48(46)53(49(47)35-43,44-22-9-3-10-23-44)45-24-11-4-12-25-45/h1-36H. The SMILES string of the molecule is c1ccc(-c2cc(-c3ccc(-c4cccc(-c5ccc6c(c5)C(c5ccccc5)(c5ccccc5)c5ccccc5-6)c4)cc3)nc(-c3ccccc3)n2)cc1. The Morgan fingerprint density at radius 1 is 0.273 bits per heavy atom. The van der Waals surface area contributed by atoms with Crippen molar-refractivity contribution in [2.75, 3.05) is 0 Å². The number of nitrogens with zero attached hydrogens (tertiary/aromatic N) is 2. The summed E-state index contributed by atoms with van der Waals surface area (Å²) in [5.74, 6) is 0.717. The molecule has 1 aliphatic carbocycles. The Balaban J connectivity index is 1.04. The molecule has 0 fully saturated rings. The first-order chi connectivity index (χ1) is 27.3. The first-order valence-corrected chi connectivity index (χ1v) is 18.8. The van der Waals surface area contributed by atoms with Gasteiger partial charge >= 0.3 is 0 Å². The van der Waals surface area contributed by atoms with Crippen LogP contribution in [0.3, 0.4) is 0 Å². The molecule has 55 heavy (non-hydrogen) atoms. The third-order valence-electron chi connectivity index (χ3n) is 11.0. The van der Waals surface area contributed by atoms with Gasteiger partial charge in [0, 0.05) is 16.7 Å². The lowest BCUT2D eigenvalue weighted by atomic mass is 9.67. The Labute approximate surface area is 322 Å². The summed E-state index contributed by atoms with van der Waals surface area (Å²) in [6, 6.07) is 78.2. The van der Waals surface area contributed by atoms with Gasteiger partial charge in [-0.05, 0) is 73.8 Å². The molecule has 0 amide bonds. The predicted octanol–water partition coefficient (Wildman–Crippen LogP) is 13.2. The molecule has 10 rings (SSSR count). The molecule has 9 aromatic rings. The Bertz CT molecular complexity index is 2680. The molecule has 0 unspecified atom stereocenters. The van der Waals surface area contributed by atoms with Gasteiger partial charge in [-0.2, -0.15) is 0 Å². The normalized spacial score (nSPS) is 12.5. The maximum absolute atomic E-state index is 5.04. The zero-order chi connectivity index (χ0) is 36.6. The second-order valence-corrected chi connectivity index (χ2v) is 14.1. The van der Waals surface area contributed by atoms with Gasteiger partial charge in [-0.25, -0.2) is 9.97 Å². The predicted molar refractivity (Wildman–Crippen MR) is 227 cm³/mol. The number of hydrogen-bond donors (Lipinski definition) is 0. The van der Waals surface area contributed by atoms with E-state index in [9.17, 15) is 0 Å². The van der Waals surface area contributed by atoms with E-state index < -0.39 is 5.41 Å². The van der Waals surface area contributed by atoms with Crippen LogP contribution in [0.15, 0.2) is 218 Å². The van der Waals surface area contributed by atoms with Crippen molar-refractivity contribution < 1.29 is 0 Å². The molecule has 8 aromatic carbocycles. The molecular weight excluding hydrogens is 665 g/mol. The van der Waals surface area contributed by atoms with Gasteiger partial charge in [0.05, 0.1) is 16.8 Å². The topological polar surface area (TPSA) is 25.8 Å². The van der Waals surface area contributed by atoms with Gasteiger partial charge in [-0.15, -0.1) is 0 Å². The average molecular weight is 701 g/mol. The van der Waals surface area contributed by atoms with E-state index in [2.05, 4.69) is 182 Å². The van der Waals surface area contributed by atoms with E-state index in [0.29, 0.717) is 0 Å². The number of hydrogen-bond acceptors (Lipinski definition) is 2. The van der Waals surface area contributed by atoms with E-state index in [1.807, 2.05) is 36.4 Å². The van der Waals surface area contributed by atoms with Crippen LogP contribution in [0.2, 0.25) is 0 Å². The van der Waals surface area contributed by atoms with Crippen molar-refractivity contribution in [3.05, 3.63) is 241 Å². The molecular formula is C53H36N2. The third-order valence-corrected chi connectivity index (χ3v) is 11.0. The smallest absolute Gasteiger partial charge is 0.160 e. The summed E-state index contributed by atoms with van der Waals surface area (Å²) in [6.07, 6.45) is 0. The highest BCUT2D eigenvalue weighted by molar-refractivity contribution is 5.89. The minimum atomic E-state index is -0.431. The lowest BCUT2D eigenvalue weighted by Crippen LogP contribution is -2.28. The Morgan fingerprint density at radius 3 is 1.35 bits per heavy atom. The molecule has 1 aromatic heterocycles. The van der Waals surface area contributed by atoms with E-state index >= 15 is 0 Å². The number of fused-ring (bicyclic) bond motifs is 3. The van der Waals surface area contributed by atoms with E-state index in [1.54, 1.807) is 0 Å². The lowest BCUT2D eigenvalue weighted by Gasteiger charge is -2.34. The Kier molecular flexibility index (Phi) is 8.08. The fraction of sp³-hybridized carbons (Fsp3) is 0.0189. The van der Waals surface area contributed by atoms with E-state index in [0.717, 1.165) is 39.5 Å². The van der Waals surface area contributed by atoms with Gasteiger partial charge in [0.15, 0.2) is 5.82 Å². The van der Waals surface area contributed by atoms with Crippen molar-refractivity contribution in [3.8, 4) is 67.3 Å². The first-order valence-electron chi connectivity index (χ1n) is 18.8. The molecule has 0 atom stereocenters. The van der Waals surface area contributed by atoms with Gasteiger partial charge < -0.3 is 0 Å². The monoisotopic (exact) mass is 700 g/mol. The molecule has 0 spiro atoms. The highest BCUT2D eigenvalue weighted by Crippen LogP contribution is 2.56. The van der Waals surface area contributed by atoms with Gasteiger partial charge in [0.1, 0.15) is 0 Å². The highest BCUT2D eigenvalue weighted by Gasteiger charge is 2.46. The molecule has 1 heterocycles. The summed E-state index contributed by atoms with van der Waals surface area (Å²) in [5, 5.41) is 0. The van der Waals surface area contributed by atoms with Crippen molar-refractivity contribution in [1.82, 2.24) is 9.97 Å². The number of aromatic nitrogens is 2. The zero-order valence-corrected chi connectivity index (χ0v) is 30.2. The van der Waals surface area contributed by atoms with Gasteiger partial charge in [-0.3, -0.25) is 0 Å². The minimum Gasteiger partial charge on any atom is -0.228 e. The summed E-state index contributed by atoms with van der Waals surface area (Å²) in [4.78, 5) is 10.0. The molecule has 2 nitrogen and oxygen atoms in total. The molecule has 2 heteroatoms. The summed E-state index contributed by atoms with van der Waals surface area (Å²) >= 11 is 0. The molecule has 1 aliphatic rings. The van der Waals surface area contributed by atoms with Crippen molar-refractivity contribution >= 4 is 0 Å². The third kappa shape index (κ3) is 5.67. The number of benzene rings is 8. The van der Waals surface area contributed by atoms with Crippen molar-refractivity contribution in [2.24, 2.45) is 0 Å². The van der Waals surface area contributed by atoms with Crippen LogP contribution in [-0.2, 0) is 5.41 Å². The van der Waals surface area contributed by atoms with Crippen LogP contribution in [0.1, 0.15) is 22.3 Å². The summed E-state index contributed by atoms with van der Waals surface area (Å²) < 4.78 is 0. The van der Waals surface area contributed by atoms with Gasteiger partial charge in [-0.1, -0.05) is 200 Å². The van der Waals surface area contributed by atoms with Crippen LogP contribution >= 0.6 is 0 Å². The van der Waals surface area contributed by atoms with Crippen molar-refractivity contribution in [2.45, 2.75) is 5.41 Å².